The molecule has 0 saturated carbocycles. The Labute approximate surface area is 73.5 Å². The van der Waals surface area contributed by atoms with Crippen molar-refractivity contribution >= 4 is 5.97 Å². The Kier molecular flexibility index (Phi) is 4.08. The van der Waals surface area contributed by atoms with Crippen molar-refractivity contribution in [3.63, 3.8) is 0 Å². The molecule has 1 fully saturated rings. The van der Waals surface area contributed by atoms with Gasteiger partial charge in [0.05, 0.1) is 0 Å². The number of ether oxygens (including phenoxy) is 1. The molecule has 1 atom stereocenters. The van der Waals surface area contributed by atoms with Crippen LogP contribution in [0.25, 0.3) is 0 Å². The van der Waals surface area contributed by atoms with Gasteiger partial charge in [0.1, 0.15) is 6.10 Å². The van der Waals surface area contributed by atoms with Crippen LogP contribution in [0.5, 0.6) is 0 Å². The van der Waals surface area contributed by atoms with Crippen molar-refractivity contribution < 1.29 is 9.53 Å². The number of hydrogen-bond donors (Lipinski definition) is 1. The lowest BCUT2D eigenvalue weighted by molar-refractivity contribution is -0.149. The molecule has 1 N–H and O–H groups in total. The summed E-state index contributed by atoms with van der Waals surface area (Å²) in [7, 11) is 0. The van der Waals surface area contributed by atoms with Crippen LogP contribution in [0.15, 0.2) is 0 Å². The van der Waals surface area contributed by atoms with Gasteiger partial charge in [-0.05, 0) is 25.8 Å². The maximum Gasteiger partial charge on any atom is 0.306 e. The highest BCUT2D eigenvalue weighted by Crippen LogP contribution is 2.07. The van der Waals surface area contributed by atoms with Gasteiger partial charge in [-0.15, -0.1) is 0 Å². The summed E-state index contributed by atoms with van der Waals surface area (Å²) in [6.45, 7) is 3.87. The average Bonchev–Trinajstić information content (AvgIpc) is 2.06. The van der Waals surface area contributed by atoms with Crippen LogP contribution in [-0.4, -0.2) is 25.2 Å². The quantitative estimate of drug-likeness (QED) is 0.646. The minimum absolute atomic E-state index is 0.0498. The molecule has 1 unspecified atom stereocenters. The lowest BCUT2D eigenvalue weighted by atomic mass is 10.1. The van der Waals surface area contributed by atoms with Gasteiger partial charge >= 0.3 is 5.97 Å². The third-order valence-electron chi connectivity index (χ3n) is 2.00. The van der Waals surface area contributed by atoms with Gasteiger partial charge in [-0.2, -0.15) is 0 Å². The van der Waals surface area contributed by atoms with E-state index >= 15 is 0 Å². The highest BCUT2D eigenvalue weighted by molar-refractivity contribution is 5.69. The van der Waals surface area contributed by atoms with Crippen molar-refractivity contribution in [2.24, 2.45) is 0 Å². The molecule has 0 aliphatic carbocycles. The van der Waals surface area contributed by atoms with E-state index in [1.807, 2.05) is 6.92 Å². The van der Waals surface area contributed by atoms with Gasteiger partial charge in [0, 0.05) is 13.0 Å². The van der Waals surface area contributed by atoms with Gasteiger partial charge in [0.25, 0.3) is 0 Å². The summed E-state index contributed by atoms with van der Waals surface area (Å²) in [4.78, 5) is 11.1. The summed E-state index contributed by atoms with van der Waals surface area (Å²) in [5.41, 5.74) is 0. The second-order valence-electron chi connectivity index (χ2n) is 3.21. The monoisotopic (exact) mass is 171 g/mol. The standard InChI is InChI=1S/C9H17NO2/c1-2-4-9(11)12-8-5-3-6-10-7-8/h8,10H,2-7H2,1H3. The lowest BCUT2D eigenvalue weighted by Gasteiger charge is -2.22. The molecule has 1 aliphatic rings. The zero-order valence-electron chi connectivity index (χ0n) is 7.64. The summed E-state index contributed by atoms with van der Waals surface area (Å²) in [5, 5.41) is 3.21. The first-order valence-electron chi connectivity index (χ1n) is 4.73. The molecule has 0 aromatic heterocycles. The fourth-order valence-electron chi connectivity index (χ4n) is 1.37. The molecule has 1 heterocycles. The van der Waals surface area contributed by atoms with Crippen molar-refractivity contribution in [2.45, 2.75) is 38.7 Å². The van der Waals surface area contributed by atoms with Crippen LogP contribution in [0.3, 0.4) is 0 Å². The Morgan fingerprint density at radius 2 is 2.50 bits per heavy atom. The molecule has 70 valence electrons. The third kappa shape index (κ3) is 3.22. The number of carbonyl (C=O) groups is 1. The number of rotatable bonds is 3. The van der Waals surface area contributed by atoms with Gasteiger partial charge in [-0.1, -0.05) is 6.92 Å². The summed E-state index contributed by atoms with van der Waals surface area (Å²) < 4.78 is 5.23. The van der Waals surface area contributed by atoms with Crippen molar-refractivity contribution in [1.29, 1.82) is 0 Å². The molecule has 0 aromatic carbocycles. The van der Waals surface area contributed by atoms with Crippen LogP contribution in [0.4, 0.5) is 0 Å². The first-order chi connectivity index (χ1) is 5.83. The summed E-state index contributed by atoms with van der Waals surface area (Å²) in [5.74, 6) is -0.0498. The number of carbonyl (C=O) groups excluding carboxylic acids is 1. The van der Waals surface area contributed by atoms with E-state index in [-0.39, 0.29) is 12.1 Å². The zero-order chi connectivity index (χ0) is 8.81. The molecule has 1 rings (SSSR count). The number of esters is 1. The Bertz CT molecular complexity index is 141. The van der Waals surface area contributed by atoms with Gasteiger partial charge in [0.15, 0.2) is 0 Å². The molecular formula is C9H17NO2. The van der Waals surface area contributed by atoms with Crippen LogP contribution < -0.4 is 5.32 Å². The molecule has 3 nitrogen and oxygen atoms in total. The van der Waals surface area contributed by atoms with Gasteiger partial charge in [-0.25, -0.2) is 0 Å². The maximum absolute atomic E-state index is 11.1. The van der Waals surface area contributed by atoms with Crippen LogP contribution in [0, 0.1) is 0 Å². The highest BCUT2D eigenvalue weighted by atomic mass is 16.5. The smallest absolute Gasteiger partial charge is 0.306 e. The normalized spacial score (nSPS) is 23.6. The molecule has 0 amide bonds. The number of hydrogen-bond acceptors (Lipinski definition) is 3. The van der Waals surface area contributed by atoms with E-state index in [1.54, 1.807) is 0 Å². The van der Waals surface area contributed by atoms with E-state index in [0.29, 0.717) is 6.42 Å². The Morgan fingerprint density at radius 1 is 1.67 bits per heavy atom. The molecule has 0 radical (unpaired) electrons. The third-order valence-corrected chi connectivity index (χ3v) is 2.00. The van der Waals surface area contributed by atoms with E-state index in [0.717, 1.165) is 32.4 Å². The first kappa shape index (κ1) is 9.52. The van der Waals surface area contributed by atoms with E-state index in [2.05, 4.69) is 5.32 Å². The van der Waals surface area contributed by atoms with E-state index in [4.69, 9.17) is 4.74 Å². The number of nitrogens with one attached hydrogen (secondary N) is 1. The SMILES string of the molecule is CCCC(=O)OC1CCCNC1. The molecule has 0 aromatic rings. The molecule has 3 heteroatoms. The molecular weight excluding hydrogens is 154 g/mol. The fraction of sp³-hybridized carbons (Fsp3) is 0.889. The van der Waals surface area contributed by atoms with Crippen molar-refractivity contribution in [3.05, 3.63) is 0 Å². The van der Waals surface area contributed by atoms with Crippen molar-refractivity contribution in [2.75, 3.05) is 13.1 Å². The minimum atomic E-state index is -0.0498. The number of piperidine rings is 1. The van der Waals surface area contributed by atoms with Gasteiger partial charge in [0.2, 0.25) is 0 Å². The van der Waals surface area contributed by atoms with Crippen molar-refractivity contribution in [3.8, 4) is 0 Å². The topological polar surface area (TPSA) is 38.3 Å². The zero-order valence-corrected chi connectivity index (χ0v) is 7.64. The van der Waals surface area contributed by atoms with Crippen molar-refractivity contribution in [1.82, 2.24) is 5.32 Å². The van der Waals surface area contributed by atoms with Crippen LogP contribution in [-0.2, 0) is 9.53 Å². The minimum Gasteiger partial charge on any atom is -0.461 e. The predicted molar refractivity (Wildman–Crippen MR) is 46.9 cm³/mol. The Morgan fingerprint density at radius 3 is 3.08 bits per heavy atom. The van der Waals surface area contributed by atoms with E-state index in [1.165, 1.54) is 0 Å². The Balaban J connectivity index is 2.15. The molecule has 1 aliphatic heterocycles. The van der Waals surface area contributed by atoms with E-state index < -0.39 is 0 Å². The first-order valence-corrected chi connectivity index (χ1v) is 4.73. The predicted octanol–water partition coefficient (Wildman–Crippen LogP) is 1.08. The lowest BCUT2D eigenvalue weighted by Crippen LogP contribution is -2.36. The molecule has 0 spiro atoms. The van der Waals surface area contributed by atoms with Gasteiger partial charge < -0.3 is 10.1 Å². The van der Waals surface area contributed by atoms with Gasteiger partial charge in [-0.3, -0.25) is 4.79 Å². The van der Waals surface area contributed by atoms with Crippen LogP contribution in [0.2, 0.25) is 0 Å². The molecule has 0 bridgehead atoms. The second-order valence-corrected chi connectivity index (χ2v) is 3.21. The summed E-state index contributed by atoms with van der Waals surface area (Å²) in [6.07, 6.45) is 3.68. The highest BCUT2D eigenvalue weighted by Gasteiger charge is 2.16. The Hall–Kier alpha value is -0.570. The van der Waals surface area contributed by atoms with Crippen LogP contribution >= 0.6 is 0 Å². The van der Waals surface area contributed by atoms with Crippen LogP contribution in [0.1, 0.15) is 32.6 Å². The maximum atomic E-state index is 11.1. The van der Waals surface area contributed by atoms with E-state index in [9.17, 15) is 4.79 Å². The fourth-order valence-corrected chi connectivity index (χ4v) is 1.37. The average molecular weight is 171 g/mol. The largest absolute Gasteiger partial charge is 0.461 e. The molecule has 12 heavy (non-hydrogen) atoms. The summed E-state index contributed by atoms with van der Waals surface area (Å²) in [6, 6.07) is 0. The molecule has 1 saturated heterocycles. The summed E-state index contributed by atoms with van der Waals surface area (Å²) >= 11 is 0. The second kappa shape index (κ2) is 5.14.